The number of β-amino-alcohol motifs (C(OH)–C–C–N with tert-alkyl or cyclic N) is 1. The maximum atomic E-state index is 11.8. The van der Waals surface area contributed by atoms with Crippen LogP contribution in [0.5, 0.6) is 5.75 Å². The van der Waals surface area contributed by atoms with Crippen LogP contribution in [0.3, 0.4) is 0 Å². The summed E-state index contributed by atoms with van der Waals surface area (Å²) in [6.07, 6.45) is -0.740. The molecule has 0 aromatic heterocycles. The topological polar surface area (TPSA) is 92.9 Å². The van der Waals surface area contributed by atoms with Gasteiger partial charge in [-0.2, -0.15) is 0 Å². The van der Waals surface area contributed by atoms with E-state index in [2.05, 4.69) is 0 Å². The van der Waals surface area contributed by atoms with Gasteiger partial charge in [-0.05, 0) is 6.07 Å². The highest BCUT2D eigenvalue weighted by Crippen LogP contribution is 2.27. The van der Waals surface area contributed by atoms with Gasteiger partial charge in [-0.15, -0.1) is 0 Å². The molecule has 6 nitrogen and oxygen atoms in total. The summed E-state index contributed by atoms with van der Waals surface area (Å²) in [5.74, 6) is -0.541. The Hall–Kier alpha value is -2.08. The van der Waals surface area contributed by atoms with Gasteiger partial charge in [0.2, 0.25) is 11.8 Å². The molecule has 1 aliphatic rings. The lowest BCUT2D eigenvalue weighted by Gasteiger charge is -2.21. The number of nitrogens with zero attached hydrogens (tertiary/aromatic N) is 1. The largest absolute Gasteiger partial charge is 0.496 e. The lowest BCUT2D eigenvalue weighted by atomic mass is 10.1. The Labute approximate surface area is 117 Å². The molecule has 0 radical (unpaired) electrons. The van der Waals surface area contributed by atoms with E-state index >= 15 is 0 Å². The van der Waals surface area contributed by atoms with E-state index in [4.69, 9.17) is 10.5 Å². The number of hydrogen-bond donors (Lipinski definition) is 2. The molecule has 6 heteroatoms. The highest BCUT2D eigenvalue weighted by atomic mass is 16.5. The zero-order valence-electron chi connectivity index (χ0n) is 11.3. The number of hydrogen-bond acceptors (Lipinski definition) is 4. The highest BCUT2D eigenvalue weighted by Gasteiger charge is 2.34. The van der Waals surface area contributed by atoms with Crippen LogP contribution < -0.4 is 10.5 Å². The van der Waals surface area contributed by atoms with Crippen LogP contribution >= 0.6 is 0 Å². The molecule has 2 rings (SSSR count). The second-order valence-corrected chi connectivity index (χ2v) is 4.86. The van der Waals surface area contributed by atoms with E-state index in [1.54, 1.807) is 24.3 Å². The molecule has 1 fully saturated rings. The number of carbonyl (C=O) groups is 2. The highest BCUT2D eigenvalue weighted by molar-refractivity contribution is 5.88. The Morgan fingerprint density at radius 2 is 2.25 bits per heavy atom. The minimum Gasteiger partial charge on any atom is -0.496 e. The number of likely N-dealkylation sites (tertiary alicyclic amines) is 1. The first-order valence-electron chi connectivity index (χ1n) is 6.41. The number of benzene rings is 1. The van der Waals surface area contributed by atoms with Crippen molar-refractivity contribution in [3.63, 3.8) is 0 Å². The number of primary amides is 1. The number of amides is 2. The molecule has 2 amide bonds. The molecule has 20 heavy (non-hydrogen) atoms. The van der Waals surface area contributed by atoms with E-state index in [1.807, 2.05) is 0 Å². The van der Waals surface area contributed by atoms with Crippen molar-refractivity contribution < 1.29 is 19.4 Å². The number of aliphatic hydroxyl groups excluding tert-OH is 1. The summed E-state index contributed by atoms with van der Waals surface area (Å²) in [5, 5.41) is 10.2. The zero-order chi connectivity index (χ0) is 14.7. The predicted octanol–water partition coefficient (Wildman–Crippen LogP) is 0.0624. The minimum absolute atomic E-state index is 0.119. The zero-order valence-corrected chi connectivity index (χ0v) is 11.3. The van der Waals surface area contributed by atoms with Crippen LogP contribution in [0.2, 0.25) is 0 Å². The number of rotatable bonds is 5. The van der Waals surface area contributed by atoms with Crippen molar-refractivity contribution in [1.29, 1.82) is 0 Å². The molecular weight excluding hydrogens is 260 g/mol. The van der Waals surface area contributed by atoms with Crippen molar-refractivity contribution >= 4 is 11.8 Å². The quantitative estimate of drug-likeness (QED) is 0.796. The number of ether oxygens (including phenoxy) is 1. The van der Waals surface area contributed by atoms with Crippen molar-refractivity contribution in [2.45, 2.75) is 12.5 Å². The van der Waals surface area contributed by atoms with Crippen LogP contribution in [0.25, 0.3) is 0 Å². The smallest absolute Gasteiger partial charge is 0.223 e. The SMILES string of the molecule is COc1ccccc1[C@@H](O)CN1C[C@@H](C(N)=O)CC1=O. The molecular formula is C14H18N2O4. The fourth-order valence-electron chi connectivity index (χ4n) is 2.39. The summed E-state index contributed by atoms with van der Waals surface area (Å²) in [4.78, 5) is 24.4. The summed E-state index contributed by atoms with van der Waals surface area (Å²) < 4.78 is 5.18. The van der Waals surface area contributed by atoms with E-state index in [9.17, 15) is 14.7 Å². The second-order valence-electron chi connectivity index (χ2n) is 4.86. The van der Waals surface area contributed by atoms with E-state index in [1.165, 1.54) is 12.0 Å². The van der Waals surface area contributed by atoms with Gasteiger partial charge in [0.25, 0.3) is 0 Å². The van der Waals surface area contributed by atoms with Gasteiger partial charge in [0, 0.05) is 18.5 Å². The average molecular weight is 278 g/mol. The Morgan fingerprint density at radius 3 is 2.85 bits per heavy atom. The Bertz CT molecular complexity index is 518. The molecule has 0 spiro atoms. The lowest BCUT2D eigenvalue weighted by molar-refractivity contribution is -0.129. The number of carbonyl (C=O) groups excluding carboxylic acids is 2. The number of methoxy groups -OCH3 is 1. The first-order chi connectivity index (χ1) is 9.52. The van der Waals surface area contributed by atoms with Crippen molar-refractivity contribution in [3.05, 3.63) is 29.8 Å². The van der Waals surface area contributed by atoms with E-state index in [0.717, 1.165) is 0 Å². The minimum atomic E-state index is -0.860. The summed E-state index contributed by atoms with van der Waals surface area (Å²) in [5.41, 5.74) is 5.83. The Balaban J connectivity index is 2.06. The fourth-order valence-corrected chi connectivity index (χ4v) is 2.39. The van der Waals surface area contributed by atoms with Gasteiger partial charge in [0.1, 0.15) is 11.9 Å². The van der Waals surface area contributed by atoms with Gasteiger partial charge >= 0.3 is 0 Å². The average Bonchev–Trinajstić information content (AvgIpc) is 2.80. The van der Waals surface area contributed by atoms with Gasteiger partial charge in [0.05, 0.1) is 19.6 Å². The third-order valence-electron chi connectivity index (χ3n) is 3.51. The van der Waals surface area contributed by atoms with Gasteiger partial charge in [-0.3, -0.25) is 9.59 Å². The monoisotopic (exact) mass is 278 g/mol. The Kier molecular flexibility index (Phi) is 4.24. The van der Waals surface area contributed by atoms with Gasteiger partial charge in [-0.25, -0.2) is 0 Å². The summed E-state index contributed by atoms with van der Waals surface area (Å²) in [6, 6.07) is 7.09. The molecule has 108 valence electrons. The van der Waals surface area contributed by atoms with Crippen LogP contribution in [0.1, 0.15) is 18.1 Å². The summed E-state index contributed by atoms with van der Waals surface area (Å²) in [7, 11) is 1.52. The van der Waals surface area contributed by atoms with Gasteiger partial charge in [-0.1, -0.05) is 18.2 Å². The van der Waals surface area contributed by atoms with E-state index in [0.29, 0.717) is 11.3 Å². The first kappa shape index (κ1) is 14.3. The maximum absolute atomic E-state index is 11.8. The van der Waals surface area contributed by atoms with Crippen molar-refractivity contribution in [2.24, 2.45) is 11.7 Å². The predicted molar refractivity (Wildman–Crippen MR) is 71.8 cm³/mol. The van der Waals surface area contributed by atoms with Crippen molar-refractivity contribution in [1.82, 2.24) is 4.90 Å². The normalized spacial score (nSPS) is 20.0. The molecule has 1 aromatic carbocycles. The standard InChI is InChI=1S/C14H18N2O4/c1-20-12-5-3-2-4-10(12)11(17)8-16-7-9(14(15)19)6-13(16)18/h2-5,9,11,17H,6-8H2,1H3,(H2,15,19)/t9-,11-/m0/s1. The van der Waals surface area contributed by atoms with E-state index in [-0.39, 0.29) is 25.4 Å². The Morgan fingerprint density at radius 1 is 1.55 bits per heavy atom. The molecule has 1 heterocycles. The van der Waals surface area contributed by atoms with Crippen molar-refractivity contribution in [3.8, 4) is 5.75 Å². The molecule has 0 aliphatic carbocycles. The number of aliphatic hydroxyl groups is 1. The maximum Gasteiger partial charge on any atom is 0.223 e. The molecule has 1 aliphatic heterocycles. The lowest BCUT2D eigenvalue weighted by Crippen LogP contribution is -2.32. The third kappa shape index (κ3) is 2.91. The molecule has 1 saturated heterocycles. The van der Waals surface area contributed by atoms with Gasteiger partial charge in [0.15, 0.2) is 0 Å². The second kappa shape index (κ2) is 5.92. The molecule has 3 N–H and O–H groups in total. The van der Waals surface area contributed by atoms with Crippen LogP contribution in [0.15, 0.2) is 24.3 Å². The summed E-state index contributed by atoms with van der Waals surface area (Å²) >= 11 is 0. The first-order valence-corrected chi connectivity index (χ1v) is 6.41. The van der Waals surface area contributed by atoms with Crippen LogP contribution in [0.4, 0.5) is 0 Å². The molecule has 0 saturated carbocycles. The van der Waals surface area contributed by atoms with Crippen LogP contribution in [-0.2, 0) is 9.59 Å². The molecule has 0 unspecified atom stereocenters. The summed E-state index contributed by atoms with van der Waals surface area (Å²) in [6.45, 7) is 0.392. The van der Waals surface area contributed by atoms with Crippen LogP contribution in [-0.4, -0.2) is 42.0 Å². The number of para-hydroxylation sites is 1. The van der Waals surface area contributed by atoms with Gasteiger partial charge < -0.3 is 20.5 Å². The molecule has 0 bridgehead atoms. The molecule has 2 atom stereocenters. The van der Waals surface area contributed by atoms with Crippen LogP contribution in [0, 0.1) is 5.92 Å². The molecule has 1 aromatic rings. The fraction of sp³-hybridized carbons (Fsp3) is 0.429. The van der Waals surface area contributed by atoms with E-state index < -0.39 is 17.9 Å². The third-order valence-corrected chi connectivity index (χ3v) is 3.51. The number of nitrogens with two attached hydrogens (primary N) is 1. The van der Waals surface area contributed by atoms with Crippen molar-refractivity contribution in [2.75, 3.05) is 20.2 Å².